The summed E-state index contributed by atoms with van der Waals surface area (Å²) in [7, 11) is 0. The van der Waals surface area contributed by atoms with Crippen LogP contribution in [0.25, 0.3) is 0 Å². The van der Waals surface area contributed by atoms with Crippen LogP contribution >= 0.6 is 0 Å². The Balaban J connectivity index is 1.68. The average molecular weight is 351 g/mol. The highest BCUT2D eigenvalue weighted by Gasteiger charge is 2.31. The van der Waals surface area contributed by atoms with E-state index in [0.717, 1.165) is 42.2 Å². The van der Waals surface area contributed by atoms with Gasteiger partial charge in [0.1, 0.15) is 11.6 Å². The zero-order valence-electron chi connectivity index (χ0n) is 14.1. The first-order valence-electron chi connectivity index (χ1n) is 8.09. The average Bonchev–Trinajstić information content (AvgIpc) is 2.59. The number of halogens is 3. The summed E-state index contributed by atoms with van der Waals surface area (Å²) >= 11 is 0. The van der Waals surface area contributed by atoms with E-state index in [1.807, 2.05) is 30.9 Å². The second kappa shape index (κ2) is 6.46. The fourth-order valence-electron chi connectivity index (χ4n) is 3.05. The number of benzene rings is 1. The number of nitrogens with zero attached hydrogens (tertiary/aromatic N) is 3. The van der Waals surface area contributed by atoms with E-state index in [2.05, 4.69) is 9.88 Å². The fraction of sp³-hybridized carbons (Fsp3) is 0.389. The van der Waals surface area contributed by atoms with Crippen molar-refractivity contribution in [3.8, 4) is 5.75 Å². The fourth-order valence-corrected chi connectivity index (χ4v) is 3.05. The smallest absolute Gasteiger partial charge is 0.417 e. The Hall–Kier alpha value is -2.44. The van der Waals surface area contributed by atoms with Crippen LogP contribution in [0.5, 0.6) is 5.75 Å². The Labute approximate surface area is 144 Å². The third-order valence-electron chi connectivity index (χ3n) is 4.52. The molecule has 0 amide bonds. The van der Waals surface area contributed by atoms with E-state index in [9.17, 15) is 18.3 Å². The molecule has 0 bridgehead atoms. The maximum absolute atomic E-state index is 12.6. The minimum atomic E-state index is -4.36. The molecular formula is C18H20F3N3O. The number of aryl methyl sites for hydroxylation is 2. The summed E-state index contributed by atoms with van der Waals surface area (Å²) in [6, 6.07) is 6.40. The van der Waals surface area contributed by atoms with Crippen LogP contribution in [-0.4, -0.2) is 36.3 Å². The van der Waals surface area contributed by atoms with Crippen molar-refractivity contribution in [3.63, 3.8) is 0 Å². The SMILES string of the molecule is Cc1cc(N2CCN(c3ccc(C(F)(F)F)cn3)CC2)cc(C)c1O. The summed E-state index contributed by atoms with van der Waals surface area (Å²) in [6.45, 7) is 6.58. The minimum Gasteiger partial charge on any atom is -0.507 e. The van der Waals surface area contributed by atoms with Crippen molar-refractivity contribution in [2.24, 2.45) is 0 Å². The van der Waals surface area contributed by atoms with Crippen LogP contribution in [0.15, 0.2) is 30.5 Å². The summed E-state index contributed by atoms with van der Waals surface area (Å²) in [5.74, 6) is 0.877. The second-order valence-electron chi connectivity index (χ2n) is 6.31. The Kier molecular flexibility index (Phi) is 4.49. The highest BCUT2D eigenvalue weighted by Crippen LogP contribution is 2.31. The number of piperazine rings is 1. The lowest BCUT2D eigenvalue weighted by Crippen LogP contribution is -2.46. The predicted molar refractivity (Wildman–Crippen MR) is 91.2 cm³/mol. The number of anilines is 2. The van der Waals surface area contributed by atoms with Gasteiger partial charge in [-0.05, 0) is 49.2 Å². The summed E-state index contributed by atoms with van der Waals surface area (Å²) < 4.78 is 37.8. The minimum absolute atomic E-state index is 0.316. The van der Waals surface area contributed by atoms with Crippen LogP contribution in [0.1, 0.15) is 16.7 Å². The number of hydrogen-bond acceptors (Lipinski definition) is 4. The molecule has 1 aromatic heterocycles. The van der Waals surface area contributed by atoms with E-state index < -0.39 is 11.7 Å². The number of hydrogen-bond donors (Lipinski definition) is 1. The number of phenolic OH excluding ortho intramolecular Hbond substituents is 1. The van der Waals surface area contributed by atoms with E-state index in [1.54, 1.807) is 0 Å². The van der Waals surface area contributed by atoms with Crippen molar-refractivity contribution in [2.75, 3.05) is 36.0 Å². The first-order chi connectivity index (χ1) is 11.8. The molecule has 0 unspecified atom stereocenters. The lowest BCUT2D eigenvalue weighted by atomic mass is 10.1. The zero-order valence-corrected chi connectivity index (χ0v) is 14.1. The number of aromatic hydroxyl groups is 1. The first kappa shape index (κ1) is 17.4. The number of phenols is 1. The van der Waals surface area contributed by atoms with Crippen molar-refractivity contribution in [1.82, 2.24) is 4.98 Å². The maximum atomic E-state index is 12.6. The van der Waals surface area contributed by atoms with Crippen LogP contribution in [-0.2, 0) is 6.18 Å². The number of rotatable bonds is 2. The summed E-state index contributed by atoms with van der Waals surface area (Å²) in [6.07, 6.45) is -3.48. The lowest BCUT2D eigenvalue weighted by Gasteiger charge is -2.37. The van der Waals surface area contributed by atoms with Crippen LogP contribution in [0.4, 0.5) is 24.7 Å². The van der Waals surface area contributed by atoms with Crippen LogP contribution in [0.3, 0.4) is 0 Å². The summed E-state index contributed by atoms with van der Waals surface area (Å²) in [4.78, 5) is 8.15. The van der Waals surface area contributed by atoms with Gasteiger partial charge < -0.3 is 14.9 Å². The van der Waals surface area contributed by atoms with Crippen LogP contribution < -0.4 is 9.80 Å². The Morgan fingerprint density at radius 1 is 0.960 bits per heavy atom. The molecule has 3 rings (SSSR count). The Morgan fingerprint density at radius 3 is 2.00 bits per heavy atom. The molecule has 1 aliphatic rings. The van der Waals surface area contributed by atoms with E-state index in [1.165, 1.54) is 6.07 Å². The highest BCUT2D eigenvalue weighted by molar-refractivity contribution is 5.57. The molecule has 1 aromatic carbocycles. The molecule has 0 aliphatic carbocycles. The van der Waals surface area contributed by atoms with Crippen LogP contribution in [0, 0.1) is 13.8 Å². The molecule has 4 nitrogen and oxygen atoms in total. The topological polar surface area (TPSA) is 39.6 Å². The van der Waals surface area contributed by atoms with Gasteiger partial charge in [-0.15, -0.1) is 0 Å². The summed E-state index contributed by atoms with van der Waals surface area (Å²) in [5.41, 5.74) is 1.99. The quantitative estimate of drug-likeness (QED) is 0.895. The number of alkyl halides is 3. The van der Waals surface area contributed by atoms with Crippen molar-refractivity contribution < 1.29 is 18.3 Å². The Morgan fingerprint density at radius 2 is 1.52 bits per heavy atom. The lowest BCUT2D eigenvalue weighted by molar-refractivity contribution is -0.137. The normalized spacial score (nSPS) is 15.6. The Bertz CT molecular complexity index is 728. The summed E-state index contributed by atoms with van der Waals surface area (Å²) in [5, 5.41) is 9.88. The predicted octanol–water partition coefficient (Wildman–Crippen LogP) is 3.75. The molecule has 1 aliphatic heterocycles. The molecule has 0 atom stereocenters. The molecule has 0 radical (unpaired) electrons. The number of aromatic nitrogens is 1. The van der Waals surface area contributed by atoms with Gasteiger partial charge in [0.05, 0.1) is 5.56 Å². The molecule has 1 N–H and O–H groups in total. The molecule has 134 valence electrons. The van der Waals surface area contributed by atoms with E-state index in [-0.39, 0.29) is 0 Å². The molecule has 1 saturated heterocycles. The highest BCUT2D eigenvalue weighted by atomic mass is 19.4. The van der Waals surface area contributed by atoms with Crippen molar-refractivity contribution in [3.05, 3.63) is 47.2 Å². The van der Waals surface area contributed by atoms with E-state index in [0.29, 0.717) is 24.7 Å². The van der Waals surface area contributed by atoms with E-state index in [4.69, 9.17) is 0 Å². The van der Waals surface area contributed by atoms with Gasteiger partial charge >= 0.3 is 6.18 Å². The van der Waals surface area contributed by atoms with Gasteiger partial charge in [-0.1, -0.05) is 0 Å². The largest absolute Gasteiger partial charge is 0.507 e. The van der Waals surface area contributed by atoms with Gasteiger partial charge in [0.25, 0.3) is 0 Å². The molecule has 25 heavy (non-hydrogen) atoms. The molecule has 7 heteroatoms. The third kappa shape index (κ3) is 3.65. The van der Waals surface area contributed by atoms with Gasteiger partial charge in [0, 0.05) is 38.1 Å². The van der Waals surface area contributed by atoms with Gasteiger partial charge in [0.2, 0.25) is 0 Å². The molecule has 0 saturated carbocycles. The van der Waals surface area contributed by atoms with Crippen molar-refractivity contribution in [1.29, 1.82) is 0 Å². The van der Waals surface area contributed by atoms with Crippen LogP contribution in [0.2, 0.25) is 0 Å². The molecule has 0 spiro atoms. The maximum Gasteiger partial charge on any atom is 0.417 e. The van der Waals surface area contributed by atoms with Gasteiger partial charge in [0.15, 0.2) is 0 Å². The van der Waals surface area contributed by atoms with Crippen molar-refractivity contribution >= 4 is 11.5 Å². The molecule has 2 heterocycles. The molecule has 1 fully saturated rings. The van der Waals surface area contributed by atoms with Crippen molar-refractivity contribution in [2.45, 2.75) is 20.0 Å². The molecular weight excluding hydrogens is 331 g/mol. The zero-order chi connectivity index (χ0) is 18.2. The van der Waals surface area contributed by atoms with E-state index >= 15 is 0 Å². The molecule has 2 aromatic rings. The van der Waals surface area contributed by atoms with Gasteiger partial charge in [-0.3, -0.25) is 0 Å². The monoisotopic (exact) mass is 351 g/mol. The standard InChI is InChI=1S/C18H20F3N3O/c1-12-9-15(10-13(2)17(12)25)23-5-7-24(8-6-23)16-4-3-14(11-22-16)18(19,20)21/h3-4,9-11,25H,5-8H2,1-2H3. The third-order valence-corrected chi connectivity index (χ3v) is 4.52. The second-order valence-corrected chi connectivity index (χ2v) is 6.31. The van der Waals surface area contributed by atoms with Gasteiger partial charge in [-0.2, -0.15) is 13.2 Å². The van der Waals surface area contributed by atoms with Gasteiger partial charge in [-0.25, -0.2) is 4.98 Å². The first-order valence-corrected chi connectivity index (χ1v) is 8.09. The number of pyridine rings is 1.